The number of carbonyl (C=O) groups excluding carboxylic acids is 1. The molecule has 0 atom stereocenters. The first-order chi connectivity index (χ1) is 14.4. The van der Waals surface area contributed by atoms with Gasteiger partial charge in [0, 0.05) is 22.4 Å². The van der Waals surface area contributed by atoms with Gasteiger partial charge in [-0.15, -0.1) is 0 Å². The highest BCUT2D eigenvalue weighted by atomic mass is 16.7. The molecule has 1 aliphatic rings. The standard InChI is InChI=1S/C22H17N3O5/c23-20(24)12-5-7-13(8-6-12)25-21(26)15-4-2-1-3-14(15)16-9-18-19(30-11-29-18)10-17(16)22(27)28/h1-10H,11H2,(H3,23,24)(H,25,26)(H,27,28). The molecule has 8 nitrogen and oxygen atoms in total. The number of rotatable bonds is 5. The Morgan fingerprint density at radius 2 is 1.60 bits per heavy atom. The number of amides is 1. The van der Waals surface area contributed by atoms with Crippen LogP contribution in [0.2, 0.25) is 0 Å². The van der Waals surface area contributed by atoms with Crippen LogP contribution in [-0.4, -0.2) is 29.6 Å². The Balaban J connectivity index is 1.72. The SMILES string of the molecule is N=C(N)c1ccc(NC(=O)c2ccccc2-c2cc3c(cc2C(=O)O)OCO3)cc1. The summed E-state index contributed by atoms with van der Waals surface area (Å²) in [5.74, 6) is -0.843. The summed E-state index contributed by atoms with van der Waals surface area (Å²) in [6.45, 7) is 0.0102. The topological polar surface area (TPSA) is 135 Å². The Morgan fingerprint density at radius 3 is 2.27 bits per heavy atom. The van der Waals surface area contributed by atoms with Crippen LogP contribution in [0.3, 0.4) is 0 Å². The molecule has 0 fully saturated rings. The van der Waals surface area contributed by atoms with Crippen molar-refractivity contribution in [3.8, 4) is 22.6 Å². The Kier molecular flexibility index (Phi) is 4.81. The van der Waals surface area contributed by atoms with Crippen molar-refractivity contribution in [1.82, 2.24) is 0 Å². The first kappa shape index (κ1) is 19.0. The highest BCUT2D eigenvalue weighted by molar-refractivity contribution is 6.10. The van der Waals surface area contributed by atoms with Gasteiger partial charge in [0.05, 0.1) is 5.56 Å². The summed E-state index contributed by atoms with van der Waals surface area (Å²) in [7, 11) is 0. The largest absolute Gasteiger partial charge is 0.478 e. The van der Waals surface area contributed by atoms with Crippen LogP contribution in [0.25, 0.3) is 11.1 Å². The quantitative estimate of drug-likeness (QED) is 0.381. The summed E-state index contributed by atoms with van der Waals surface area (Å²) in [6, 6.07) is 16.2. The predicted molar refractivity (Wildman–Crippen MR) is 110 cm³/mol. The summed E-state index contributed by atoms with van der Waals surface area (Å²) in [5, 5.41) is 19.9. The average molecular weight is 403 g/mol. The molecule has 1 amide bonds. The van der Waals surface area contributed by atoms with Gasteiger partial charge in [-0.1, -0.05) is 18.2 Å². The molecule has 0 saturated heterocycles. The normalized spacial score (nSPS) is 11.7. The lowest BCUT2D eigenvalue weighted by atomic mass is 9.94. The fourth-order valence-corrected chi connectivity index (χ4v) is 3.19. The van der Waals surface area contributed by atoms with E-state index in [0.717, 1.165) is 0 Å². The van der Waals surface area contributed by atoms with Crippen molar-refractivity contribution in [2.24, 2.45) is 5.73 Å². The molecule has 150 valence electrons. The number of ether oxygens (including phenoxy) is 2. The van der Waals surface area contributed by atoms with Crippen LogP contribution in [0.4, 0.5) is 5.69 Å². The summed E-state index contributed by atoms with van der Waals surface area (Å²) in [5.41, 5.74) is 7.61. The predicted octanol–water partition coefficient (Wildman–Crippen LogP) is 3.32. The lowest BCUT2D eigenvalue weighted by Crippen LogP contribution is -2.14. The van der Waals surface area contributed by atoms with Gasteiger partial charge in [-0.2, -0.15) is 0 Å². The van der Waals surface area contributed by atoms with Gasteiger partial charge in [0.2, 0.25) is 6.79 Å². The highest BCUT2D eigenvalue weighted by Crippen LogP contribution is 2.39. The monoisotopic (exact) mass is 403 g/mol. The molecule has 5 N–H and O–H groups in total. The van der Waals surface area contributed by atoms with E-state index >= 15 is 0 Å². The molecule has 0 unspecified atom stereocenters. The Labute approximate surface area is 171 Å². The van der Waals surface area contributed by atoms with E-state index in [1.54, 1.807) is 54.6 Å². The van der Waals surface area contributed by atoms with E-state index in [9.17, 15) is 14.7 Å². The van der Waals surface area contributed by atoms with Gasteiger partial charge in [0.25, 0.3) is 5.91 Å². The van der Waals surface area contributed by atoms with Crippen LogP contribution in [0.15, 0.2) is 60.7 Å². The third kappa shape index (κ3) is 3.53. The lowest BCUT2D eigenvalue weighted by Gasteiger charge is -2.13. The third-order valence-electron chi connectivity index (χ3n) is 4.66. The molecule has 8 heteroatoms. The molecule has 0 bridgehead atoms. The van der Waals surface area contributed by atoms with Crippen molar-refractivity contribution in [3.05, 3.63) is 77.4 Å². The average Bonchev–Trinajstić information content (AvgIpc) is 3.20. The Hall–Kier alpha value is -4.33. The first-order valence-electron chi connectivity index (χ1n) is 8.96. The fraction of sp³-hybridized carbons (Fsp3) is 0.0455. The van der Waals surface area contributed by atoms with Crippen LogP contribution in [0.5, 0.6) is 11.5 Å². The fourth-order valence-electron chi connectivity index (χ4n) is 3.19. The van der Waals surface area contributed by atoms with Crippen molar-refractivity contribution < 1.29 is 24.2 Å². The Bertz CT molecular complexity index is 1170. The number of amidine groups is 1. The number of benzene rings is 3. The Morgan fingerprint density at radius 1 is 0.933 bits per heavy atom. The molecule has 1 aliphatic heterocycles. The number of nitrogen functional groups attached to an aromatic ring is 1. The molecule has 3 aromatic rings. The number of carboxylic acids is 1. The molecule has 4 rings (SSSR count). The first-order valence-corrected chi connectivity index (χ1v) is 8.96. The van der Waals surface area contributed by atoms with E-state index in [0.29, 0.717) is 39.4 Å². The number of fused-ring (bicyclic) bond motifs is 1. The molecule has 0 saturated carbocycles. The van der Waals surface area contributed by atoms with E-state index in [1.807, 2.05) is 0 Å². The van der Waals surface area contributed by atoms with Gasteiger partial charge < -0.3 is 25.6 Å². The minimum atomic E-state index is -1.14. The van der Waals surface area contributed by atoms with Crippen LogP contribution >= 0.6 is 0 Å². The number of carboxylic acid groups (broad SMARTS) is 1. The van der Waals surface area contributed by atoms with Crippen molar-refractivity contribution in [3.63, 3.8) is 0 Å². The summed E-state index contributed by atoms with van der Waals surface area (Å²) in [4.78, 5) is 24.8. The van der Waals surface area contributed by atoms with E-state index < -0.39 is 11.9 Å². The van der Waals surface area contributed by atoms with Crippen LogP contribution in [0.1, 0.15) is 26.3 Å². The zero-order chi connectivity index (χ0) is 21.3. The van der Waals surface area contributed by atoms with E-state index in [-0.39, 0.29) is 18.2 Å². The van der Waals surface area contributed by atoms with Crippen molar-refractivity contribution in [1.29, 1.82) is 5.41 Å². The molecule has 30 heavy (non-hydrogen) atoms. The maximum absolute atomic E-state index is 13.0. The second kappa shape index (κ2) is 7.59. The van der Waals surface area contributed by atoms with Crippen molar-refractivity contribution in [2.45, 2.75) is 0 Å². The summed E-state index contributed by atoms with van der Waals surface area (Å²) >= 11 is 0. The number of hydrogen-bond donors (Lipinski definition) is 4. The second-order valence-corrected chi connectivity index (χ2v) is 6.55. The van der Waals surface area contributed by atoms with Crippen LogP contribution < -0.4 is 20.5 Å². The van der Waals surface area contributed by atoms with Crippen LogP contribution in [0, 0.1) is 5.41 Å². The molecule has 0 radical (unpaired) electrons. The van der Waals surface area contributed by atoms with Gasteiger partial charge in [-0.05, 0) is 48.0 Å². The van der Waals surface area contributed by atoms with Gasteiger partial charge in [0.1, 0.15) is 5.84 Å². The third-order valence-corrected chi connectivity index (χ3v) is 4.66. The number of anilines is 1. The molecule has 1 heterocycles. The smallest absolute Gasteiger partial charge is 0.336 e. The number of hydrogen-bond acceptors (Lipinski definition) is 5. The number of carbonyl (C=O) groups is 2. The van der Waals surface area contributed by atoms with Crippen molar-refractivity contribution in [2.75, 3.05) is 12.1 Å². The molecule has 3 aromatic carbocycles. The number of nitrogens with one attached hydrogen (secondary N) is 2. The number of nitrogens with two attached hydrogens (primary N) is 1. The minimum Gasteiger partial charge on any atom is -0.478 e. The number of aromatic carboxylic acids is 1. The molecule has 0 spiro atoms. The van der Waals surface area contributed by atoms with Crippen molar-refractivity contribution >= 4 is 23.4 Å². The second-order valence-electron chi connectivity index (χ2n) is 6.55. The van der Waals surface area contributed by atoms with Crippen LogP contribution in [-0.2, 0) is 0 Å². The van der Waals surface area contributed by atoms with E-state index in [2.05, 4.69) is 5.32 Å². The van der Waals surface area contributed by atoms with Gasteiger partial charge in [0.15, 0.2) is 11.5 Å². The summed E-state index contributed by atoms with van der Waals surface area (Å²) in [6.07, 6.45) is 0. The van der Waals surface area contributed by atoms with E-state index in [4.69, 9.17) is 20.6 Å². The van der Waals surface area contributed by atoms with Gasteiger partial charge >= 0.3 is 5.97 Å². The van der Waals surface area contributed by atoms with Gasteiger partial charge in [-0.3, -0.25) is 10.2 Å². The maximum atomic E-state index is 13.0. The zero-order valence-corrected chi connectivity index (χ0v) is 15.6. The molecule has 0 aromatic heterocycles. The minimum absolute atomic E-state index is 0.00492. The molecular formula is C22H17N3O5. The maximum Gasteiger partial charge on any atom is 0.336 e. The molecule has 0 aliphatic carbocycles. The van der Waals surface area contributed by atoms with Gasteiger partial charge in [-0.25, -0.2) is 4.79 Å². The zero-order valence-electron chi connectivity index (χ0n) is 15.6. The summed E-state index contributed by atoms with van der Waals surface area (Å²) < 4.78 is 10.7. The molecular weight excluding hydrogens is 386 g/mol. The van der Waals surface area contributed by atoms with E-state index in [1.165, 1.54) is 6.07 Å². The highest BCUT2D eigenvalue weighted by Gasteiger charge is 2.24. The lowest BCUT2D eigenvalue weighted by molar-refractivity contribution is 0.0697.